The number of nitrogens with one attached hydrogen (secondary N) is 1. The maximum atomic E-state index is 11.1. The summed E-state index contributed by atoms with van der Waals surface area (Å²) in [6.45, 7) is 0. The fraction of sp³-hybridized carbons (Fsp3) is 0. The molecule has 0 radical (unpaired) electrons. The zero-order valence-corrected chi connectivity index (χ0v) is 16.0. The Labute approximate surface area is 173 Å². The summed E-state index contributed by atoms with van der Waals surface area (Å²) < 4.78 is 0. The Bertz CT molecular complexity index is 1350. The Morgan fingerprint density at radius 1 is 0.733 bits per heavy atom. The molecule has 0 atom stereocenters. The van der Waals surface area contributed by atoms with E-state index in [0.717, 1.165) is 38.9 Å². The summed E-state index contributed by atoms with van der Waals surface area (Å²) >= 11 is 0. The molecule has 4 aromatic carbocycles. The van der Waals surface area contributed by atoms with Crippen LogP contribution in [0.2, 0.25) is 0 Å². The van der Waals surface area contributed by atoms with E-state index in [1.807, 2.05) is 48.5 Å². The minimum absolute atomic E-state index is 0.142. The van der Waals surface area contributed by atoms with Crippen LogP contribution in [0.15, 0.2) is 97.1 Å². The third kappa shape index (κ3) is 3.14. The first kappa shape index (κ1) is 17.9. The molecule has 4 heteroatoms. The second-order valence-corrected chi connectivity index (χ2v) is 7.07. The monoisotopic (exact) mass is 389 g/mol. The van der Waals surface area contributed by atoms with Gasteiger partial charge in [-0.3, -0.25) is 0 Å². The first-order valence-electron chi connectivity index (χ1n) is 9.66. The summed E-state index contributed by atoms with van der Waals surface area (Å²) in [6, 6.07) is 31.1. The number of carboxylic acid groups (broad SMARTS) is 1. The zero-order chi connectivity index (χ0) is 20.5. The van der Waals surface area contributed by atoms with Gasteiger partial charge in [0, 0.05) is 16.7 Å². The van der Waals surface area contributed by atoms with Gasteiger partial charge in [0.05, 0.1) is 17.4 Å². The number of H-pyrrole nitrogens is 1. The SMILES string of the molecule is O=C([O-])c1ccc(-c2nc(-c3ccccc3)c(-c3cccc4ccccc34)[nH]2)cc1. The summed E-state index contributed by atoms with van der Waals surface area (Å²) in [5.74, 6) is -0.510. The van der Waals surface area contributed by atoms with Gasteiger partial charge in [-0.2, -0.15) is 0 Å². The molecule has 0 amide bonds. The van der Waals surface area contributed by atoms with Crippen LogP contribution in [0.1, 0.15) is 10.4 Å². The van der Waals surface area contributed by atoms with Gasteiger partial charge in [-0.15, -0.1) is 0 Å². The van der Waals surface area contributed by atoms with Gasteiger partial charge in [0.2, 0.25) is 0 Å². The highest BCUT2D eigenvalue weighted by molar-refractivity contribution is 5.99. The molecule has 4 nitrogen and oxygen atoms in total. The highest BCUT2D eigenvalue weighted by Gasteiger charge is 2.17. The predicted octanol–water partition coefficient (Wildman–Crippen LogP) is 4.93. The first-order chi connectivity index (χ1) is 14.7. The summed E-state index contributed by atoms with van der Waals surface area (Å²) in [6.07, 6.45) is 0. The molecular weight excluding hydrogens is 372 g/mol. The number of nitrogens with zero attached hydrogens (tertiary/aromatic N) is 1. The van der Waals surface area contributed by atoms with Crippen molar-refractivity contribution in [3.63, 3.8) is 0 Å². The Morgan fingerprint density at radius 3 is 2.20 bits per heavy atom. The molecule has 30 heavy (non-hydrogen) atoms. The molecule has 1 heterocycles. The molecule has 0 spiro atoms. The van der Waals surface area contributed by atoms with Crippen LogP contribution >= 0.6 is 0 Å². The van der Waals surface area contributed by atoms with Crippen molar-refractivity contribution < 1.29 is 9.90 Å². The van der Waals surface area contributed by atoms with Gasteiger partial charge in [-0.05, 0) is 16.3 Å². The van der Waals surface area contributed by atoms with Crippen LogP contribution in [-0.2, 0) is 0 Å². The zero-order valence-electron chi connectivity index (χ0n) is 16.0. The Morgan fingerprint density at radius 2 is 1.43 bits per heavy atom. The first-order valence-corrected chi connectivity index (χ1v) is 9.66. The van der Waals surface area contributed by atoms with Gasteiger partial charge in [-0.1, -0.05) is 97.1 Å². The summed E-state index contributed by atoms with van der Waals surface area (Å²) in [4.78, 5) is 19.4. The molecule has 0 unspecified atom stereocenters. The highest BCUT2D eigenvalue weighted by atomic mass is 16.4. The fourth-order valence-corrected chi connectivity index (χ4v) is 3.72. The van der Waals surface area contributed by atoms with E-state index in [1.165, 1.54) is 12.1 Å². The fourth-order valence-electron chi connectivity index (χ4n) is 3.72. The molecule has 1 aromatic heterocycles. The minimum atomic E-state index is -1.19. The average Bonchev–Trinajstić information content (AvgIpc) is 3.24. The second-order valence-electron chi connectivity index (χ2n) is 7.07. The molecule has 5 aromatic rings. The number of hydrogen-bond acceptors (Lipinski definition) is 3. The number of carbonyl (C=O) groups excluding carboxylic acids is 1. The van der Waals surface area contributed by atoms with E-state index in [1.54, 1.807) is 12.1 Å². The van der Waals surface area contributed by atoms with E-state index < -0.39 is 5.97 Å². The standard InChI is InChI=1S/C26H18N2O2/c29-26(30)20-15-13-19(14-16-20)25-27-23(18-8-2-1-3-9-18)24(28-25)22-12-6-10-17-7-4-5-11-21(17)22/h1-16H,(H,27,28)(H,29,30)/p-1. The number of aromatic carboxylic acids is 1. The van der Waals surface area contributed by atoms with Crippen molar-refractivity contribution in [2.24, 2.45) is 0 Å². The molecule has 144 valence electrons. The maximum Gasteiger partial charge on any atom is 0.138 e. The lowest BCUT2D eigenvalue weighted by atomic mass is 9.99. The lowest BCUT2D eigenvalue weighted by molar-refractivity contribution is -0.255. The van der Waals surface area contributed by atoms with Gasteiger partial charge in [0.15, 0.2) is 0 Å². The molecule has 0 saturated carbocycles. The number of hydrogen-bond donors (Lipinski definition) is 1. The number of fused-ring (bicyclic) bond motifs is 1. The molecule has 1 N–H and O–H groups in total. The van der Waals surface area contributed by atoms with E-state index in [0.29, 0.717) is 5.82 Å². The van der Waals surface area contributed by atoms with Crippen molar-refractivity contribution in [2.75, 3.05) is 0 Å². The van der Waals surface area contributed by atoms with Gasteiger partial charge in [-0.25, -0.2) is 4.98 Å². The number of carboxylic acids is 1. The predicted molar refractivity (Wildman–Crippen MR) is 117 cm³/mol. The summed E-state index contributed by atoms with van der Waals surface area (Å²) in [7, 11) is 0. The van der Waals surface area contributed by atoms with Crippen LogP contribution in [0.3, 0.4) is 0 Å². The number of imidazole rings is 1. The molecular formula is C26H17N2O2-. The average molecular weight is 389 g/mol. The Kier molecular flexibility index (Phi) is 4.37. The van der Waals surface area contributed by atoms with Crippen molar-refractivity contribution in [1.29, 1.82) is 0 Å². The van der Waals surface area contributed by atoms with Crippen LogP contribution in [-0.4, -0.2) is 15.9 Å². The number of carbonyl (C=O) groups is 1. The lowest BCUT2D eigenvalue weighted by Crippen LogP contribution is -2.21. The summed E-state index contributed by atoms with van der Waals surface area (Å²) in [5.41, 5.74) is 4.81. The molecule has 5 rings (SSSR count). The molecule has 0 aliphatic rings. The molecule has 0 bridgehead atoms. The van der Waals surface area contributed by atoms with Gasteiger partial charge < -0.3 is 14.9 Å². The molecule has 0 saturated heterocycles. The summed E-state index contributed by atoms with van der Waals surface area (Å²) in [5, 5.41) is 13.4. The van der Waals surface area contributed by atoms with E-state index in [-0.39, 0.29) is 5.56 Å². The van der Waals surface area contributed by atoms with E-state index in [9.17, 15) is 9.90 Å². The third-order valence-electron chi connectivity index (χ3n) is 5.20. The number of aromatic amines is 1. The Balaban J connectivity index is 1.72. The van der Waals surface area contributed by atoms with E-state index in [4.69, 9.17) is 4.98 Å². The van der Waals surface area contributed by atoms with Crippen LogP contribution in [0, 0.1) is 0 Å². The van der Waals surface area contributed by atoms with Crippen molar-refractivity contribution in [3.05, 3.63) is 103 Å². The molecule has 0 aliphatic heterocycles. The molecule has 0 aliphatic carbocycles. The van der Waals surface area contributed by atoms with Crippen molar-refractivity contribution in [2.45, 2.75) is 0 Å². The minimum Gasteiger partial charge on any atom is -0.545 e. The number of benzene rings is 4. The van der Waals surface area contributed by atoms with Gasteiger partial charge >= 0.3 is 0 Å². The lowest BCUT2D eigenvalue weighted by Gasteiger charge is -2.07. The number of aromatic nitrogens is 2. The van der Waals surface area contributed by atoms with Crippen LogP contribution in [0.4, 0.5) is 0 Å². The largest absolute Gasteiger partial charge is 0.545 e. The van der Waals surface area contributed by atoms with Gasteiger partial charge in [0.25, 0.3) is 0 Å². The van der Waals surface area contributed by atoms with E-state index >= 15 is 0 Å². The van der Waals surface area contributed by atoms with E-state index in [2.05, 4.69) is 29.2 Å². The number of rotatable bonds is 4. The van der Waals surface area contributed by atoms with Crippen LogP contribution in [0.5, 0.6) is 0 Å². The third-order valence-corrected chi connectivity index (χ3v) is 5.20. The van der Waals surface area contributed by atoms with Gasteiger partial charge in [0.1, 0.15) is 5.82 Å². The van der Waals surface area contributed by atoms with Crippen molar-refractivity contribution in [3.8, 4) is 33.9 Å². The second kappa shape index (κ2) is 7.33. The smallest absolute Gasteiger partial charge is 0.138 e. The van der Waals surface area contributed by atoms with Crippen LogP contribution < -0.4 is 5.11 Å². The highest BCUT2D eigenvalue weighted by Crippen LogP contribution is 2.36. The maximum absolute atomic E-state index is 11.1. The Hall–Kier alpha value is -4.18. The normalized spacial score (nSPS) is 10.9. The topological polar surface area (TPSA) is 68.8 Å². The van der Waals surface area contributed by atoms with Crippen LogP contribution in [0.25, 0.3) is 44.7 Å². The molecule has 0 fully saturated rings. The quantitative estimate of drug-likeness (QED) is 0.474. The van der Waals surface area contributed by atoms with Crippen molar-refractivity contribution >= 4 is 16.7 Å². The van der Waals surface area contributed by atoms with Crippen molar-refractivity contribution in [1.82, 2.24) is 9.97 Å².